The highest BCUT2D eigenvalue weighted by atomic mass is 15.1. The molecule has 25 heavy (non-hydrogen) atoms. The average molecular weight is 329 g/mol. The summed E-state index contributed by atoms with van der Waals surface area (Å²) in [4.78, 5) is 13.3. The van der Waals surface area contributed by atoms with Crippen LogP contribution in [0.4, 0.5) is 11.5 Å². The molecule has 4 rings (SSSR count). The van der Waals surface area contributed by atoms with Gasteiger partial charge in [-0.3, -0.25) is 4.57 Å². The number of nitrogens with zero attached hydrogens (tertiary/aromatic N) is 4. The quantitative estimate of drug-likeness (QED) is 0.590. The van der Waals surface area contributed by atoms with Gasteiger partial charge in [0.25, 0.3) is 0 Å². The Bertz CT molecular complexity index is 988. The molecule has 0 saturated heterocycles. The highest BCUT2D eigenvalue weighted by Gasteiger charge is 2.11. The van der Waals surface area contributed by atoms with E-state index in [9.17, 15) is 0 Å². The summed E-state index contributed by atoms with van der Waals surface area (Å²) in [6.45, 7) is 4.37. The molecule has 5 nitrogen and oxygen atoms in total. The van der Waals surface area contributed by atoms with Crippen LogP contribution >= 0.6 is 0 Å². The molecule has 0 atom stereocenters. The first-order chi connectivity index (χ1) is 12.2. The molecule has 0 aliphatic heterocycles. The molecule has 0 aliphatic rings. The first kappa shape index (κ1) is 15.3. The molecular weight excluding hydrogens is 310 g/mol. The zero-order valence-electron chi connectivity index (χ0n) is 14.2. The van der Waals surface area contributed by atoms with E-state index in [1.54, 1.807) is 12.7 Å². The first-order valence-electron chi connectivity index (χ1n) is 8.33. The van der Waals surface area contributed by atoms with Crippen LogP contribution in [0.1, 0.15) is 25.3 Å². The molecule has 2 aromatic heterocycles. The number of rotatable bonds is 4. The van der Waals surface area contributed by atoms with Crippen molar-refractivity contribution in [3.63, 3.8) is 0 Å². The number of benzene rings is 2. The van der Waals surface area contributed by atoms with Gasteiger partial charge in [-0.05, 0) is 35.7 Å². The van der Waals surface area contributed by atoms with Gasteiger partial charge in [0.05, 0.1) is 0 Å². The van der Waals surface area contributed by atoms with E-state index in [4.69, 9.17) is 0 Å². The minimum Gasteiger partial charge on any atom is -0.338 e. The van der Waals surface area contributed by atoms with Crippen LogP contribution in [-0.2, 0) is 0 Å². The Morgan fingerprint density at radius 3 is 2.36 bits per heavy atom. The Morgan fingerprint density at radius 2 is 1.64 bits per heavy atom. The smallest absolute Gasteiger partial charge is 0.170 e. The number of fused-ring (bicyclic) bond motifs is 1. The lowest BCUT2D eigenvalue weighted by atomic mass is 10.0. The van der Waals surface area contributed by atoms with Crippen molar-refractivity contribution < 1.29 is 0 Å². The summed E-state index contributed by atoms with van der Waals surface area (Å²) in [5.74, 6) is 1.22. The number of anilines is 2. The summed E-state index contributed by atoms with van der Waals surface area (Å²) < 4.78 is 1.96. The maximum atomic E-state index is 4.51. The van der Waals surface area contributed by atoms with Crippen LogP contribution in [0.5, 0.6) is 0 Å². The highest BCUT2D eigenvalue weighted by molar-refractivity contribution is 5.86. The van der Waals surface area contributed by atoms with Gasteiger partial charge >= 0.3 is 0 Å². The number of para-hydroxylation sites is 1. The summed E-state index contributed by atoms with van der Waals surface area (Å²) in [7, 11) is 0. The minimum absolute atomic E-state index is 0.515. The third-order valence-corrected chi connectivity index (χ3v) is 4.21. The molecule has 5 heteroatoms. The maximum Gasteiger partial charge on any atom is 0.170 e. The van der Waals surface area contributed by atoms with E-state index >= 15 is 0 Å². The maximum absolute atomic E-state index is 4.51. The topological polar surface area (TPSA) is 55.6 Å². The molecule has 124 valence electrons. The van der Waals surface area contributed by atoms with E-state index in [0.717, 1.165) is 22.5 Å². The SMILES string of the molecule is CC(C)c1ccc(Nc2ncnc3c2ncn3-c2ccccc2)cc1. The molecule has 2 heterocycles. The van der Waals surface area contributed by atoms with Crippen LogP contribution in [0.25, 0.3) is 16.9 Å². The van der Waals surface area contributed by atoms with Gasteiger partial charge in [-0.15, -0.1) is 0 Å². The molecule has 0 spiro atoms. The van der Waals surface area contributed by atoms with Gasteiger partial charge in [0.2, 0.25) is 0 Å². The second-order valence-electron chi connectivity index (χ2n) is 6.25. The van der Waals surface area contributed by atoms with Crippen molar-refractivity contribution in [1.29, 1.82) is 0 Å². The largest absolute Gasteiger partial charge is 0.338 e. The number of aromatic nitrogens is 4. The van der Waals surface area contributed by atoms with Gasteiger partial charge in [0, 0.05) is 11.4 Å². The fourth-order valence-electron chi connectivity index (χ4n) is 2.79. The lowest BCUT2D eigenvalue weighted by molar-refractivity contribution is 0.867. The van der Waals surface area contributed by atoms with Crippen LogP contribution in [-0.4, -0.2) is 19.5 Å². The highest BCUT2D eigenvalue weighted by Crippen LogP contribution is 2.25. The van der Waals surface area contributed by atoms with Gasteiger partial charge < -0.3 is 5.32 Å². The second kappa shape index (κ2) is 6.36. The van der Waals surface area contributed by atoms with Crippen molar-refractivity contribution in [2.45, 2.75) is 19.8 Å². The number of nitrogens with one attached hydrogen (secondary N) is 1. The Morgan fingerprint density at radius 1 is 0.880 bits per heavy atom. The molecule has 0 fully saturated rings. The van der Waals surface area contributed by atoms with Crippen LogP contribution in [0, 0.1) is 0 Å². The lowest BCUT2D eigenvalue weighted by Crippen LogP contribution is -1.98. The van der Waals surface area contributed by atoms with Crippen molar-refractivity contribution in [2.75, 3.05) is 5.32 Å². The summed E-state index contributed by atoms with van der Waals surface area (Å²) in [5.41, 5.74) is 4.85. The summed E-state index contributed by atoms with van der Waals surface area (Å²) in [5, 5.41) is 3.35. The van der Waals surface area contributed by atoms with Crippen LogP contribution in [0.15, 0.2) is 67.3 Å². The zero-order valence-corrected chi connectivity index (χ0v) is 14.2. The monoisotopic (exact) mass is 329 g/mol. The standard InChI is InChI=1S/C20H19N5/c1-14(2)15-8-10-16(11-9-15)24-19-18-20(22-12-21-19)25(13-23-18)17-6-4-3-5-7-17/h3-14H,1-2H3,(H,21,22,24). The van der Waals surface area contributed by atoms with E-state index in [1.807, 2.05) is 34.9 Å². The fourth-order valence-corrected chi connectivity index (χ4v) is 2.79. The molecule has 4 aromatic rings. The lowest BCUT2D eigenvalue weighted by Gasteiger charge is -2.09. The van der Waals surface area contributed by atoms with Crippen molar-refractivity contribution in [2.24, 2.45) is 0 Å². The van der Waals surface area contributed by atoms with Gasteiger partial charge in [-0.1, -0.05) is 44.2 Å². The van der Waals surface area contributed by atoms with Crippen molar-refractivity contribution in [1.82, 2.24) is 19.5 Å². The molecule has 0 aliphatic carbocycles. The summed E-state index contributed by atoms with van der Waals surface area (Å²) >= 11 is 0. The predicted molar refractivity (Wildman–Crippen MR) is 100 cm³/mol. The van der Waals surface area contributed by atoms with Gasteiger partial charge in [-0.2, -0.15) is 0 Å². The van der Waals surface area contributed by atoms with Gasteiger partial charge in [0.1, 0.15) is 12.7 Å². The molecule has 1 N–H and O–H groups in total. The number of hydrogen-bond acceptors (Lipinski definition) is 4. The Labute approximate surface area is 146 Å². The third-order valence-electron chi connectivity index (χ3n) is 4.21. The Balaban J connectivity index is 1.70. The van der Waals surface area contributed by atoms with Gasteiger partial charge in [-0.25, -0.2) is 15.0 Å². The summed E-state index contributed by atoms with van der Waals surface area (Å²) in [6.07, 6.45) is 3.34. The summed E-state index contributed by atoms with van der Waals surface area (Å²) in [6, 6.07) is 18.4. The van der Waals surface area contributed by atoms with Crippen molar-refractivity contribution in [3.05, 3.63) is 72.8 Å². The molecule has 0 radical (unpaired) electrons. The molecule has 0 unspecified atom stereocenters. The third kappa shape index (κ3) is 2.96. The van der Waals surface area contributed by atoms with Crippen LogP contribution < -0.4 is 5.32 Å². The predicted octanol–water partition coefficient (Wildman–Crippen LogP) is 4.68. The fraction of sp³-hybridized carbons (Fsp3) is 0.150. The first-order valence-corrected chi connectivity index (χ1v) is 8.33. The molecule has 0 saturated carbocycles. The number of imidazole rings is 1. The Hall–Kier alpha value is -3.21. The second-order valence-corrected chi connectivity index (χ2v) is 6.25. The normalized spacial score (nSPS) is 11.2. The van der Waals surface area contributed by atoms with Gasteiger partial charge in [0.15, 0.2) is 17.0 Å². The van der Waals surface area contributed by atoms with E-state index in [1.165, 1.54) is 5.56 Å². The van der Waals surface area contributed by atoms with E-state index < -0.39 is 0 Å². The van der Waals surface area contributed by atoms with Crippen molar-refractivity contribution in [3.8, 4) is 5.69 Å². The van der Waals surface area contributed by atoms with E-state index in [2.05, 4.69) is 58.4 Å². The van der Waals surface area contributed by atoms with Crippen LogP contribution in [0.3, 0.4) is 0 Å². The molecule has 0 bridgehead atoms. The van der Waals surface area contributed by atoms with E-state index in [-0.39, 0.29) is 0 Å². The van der Waals surface area contributed by atoms with Crippen molar-refractivity contribution >= 4 is 22.7 Å². The molecular formula is C20H19N5. The molecule has 2 aromatic carbocycles. The minimum atomic E-state index is 0.515. The molecule has 0 amide bonds. The average Bonchev–Trinajstić information content (AvgIpc) is 3.08. The zero-order chi connectivity index (χ0) is 17.2. The Kier molecular flexibility index (Phi) is 3.90. The number of hydrogen-bond donors (Lipinski definition) is 1. The van der Waals surface area contributed by atoms with E-state index in [0.29, 0.717) is 11.7 Å². The van der Waals surface area contributed by atoms with Crippen LogP contribution in [0.2, 0.25) is 0 Å².